The summed E-state index contributed by atoms with van der Waals surface area (Å²) in [5.41, 5.74) is 5.51. The van der Waals surface area contributed by atoms with E-state index in [0.717, 1.165) is 18.8 Å². The summed E-state index contributed by atoms with van der Waals surface area (Å²) in [5, 5.41) is 0. The van der Waals surface area contributed by atoms with E-state index in [-0.39, 0.29) is 12.1 Å². The van der Waals surface area contributed by atoms with Gasteiger partial charge in [-0.15, -0.1) is 11.8 Å². The van der Waals surface area contributed by atoms with Crippen molar-refractivity contribution in [2.45, 2.75) is 30.5 Å². The molecule has 0 radical (unpaired) electrons. The minimum Gasteiger partial charge on any atom is -0.450 e. The average Bonchev–Trinajstić information content (AvgIpc) is 2.85. The third-order valence-electron chi connectivity index (χ3n) is 5.40. The summed E-state index contributed by atoms with van der Waals surface area (Å²) in [7, 11) is 0. The molecule has 0 spiro atoms. The third-order valence-corrected chi connectivity index (χ3v) is 6.54. The molecule has 142 valence electrons. The largest absolute Gasteiger partial charge is 0.450 e. The molecule has 2 aromatic rings. The van der Waals surface area contributed by atoms with Gasteiger partial charge < -0.3 is 9.64 Å². The first kappa shape index (κ1) is 18.4. The van der Waals surface area contributed by atoms with Crippen LogP contribution in [0.1, 0.15) is 35.2 Å². The van der Waals surface area contributed by atoms with Gasteiger partial charge in [0.2, 0.25) is 0 Å². The lowest BCUT2D eigenvalue weighted by Gasteiger charge is -2.39. The number of amides is 1. The minimum absolute atomic E-state index is 0.190. The smallest absolute Gasteiger partial charge is 0.409 e. The molecule has 1 unspecified atom stereocenters. The number of aryl methyl sites for hydroxylation is 1. The predicted octanol–water partition coefficient (Wildman–Crippen LogP) is 4.46. The first-order chi connectivity index (χ1) is 13.2. The second-order valence-corrected chi connectivity index (χ2v) is 8.17. The molecule has 2 aliphatic heterocycles. The monoisotopic (exact) mass is 382 g/mol. The van der Waals surface area contributed by atoms with Gasteiger partial charge in [-0.25, -0.2) is 4.79 Å². The average molecular weight is 383 g/mol. The minimum atomic E-state index is -0.190. The summed E-state index contributed by atoms with van der Waals surface area (Å²) in [6, 6.07) is 15.9. The van der Waals surface area contributed by atoms with Crippen LogP contribution in [0, 0.1) is 6.92 Å². The summed E-state index contributed by atoms with van der Waals surface area (Å²) in [5.74, 6) is 1.01. The van der Waals surface area contributed by atoms with Gasteiger partial charge in [-0.1, -0.05) is 42.0 Å². The van der Waals surface area contributed by atoms with Crippen molar-refractivity contribution in [1.82, 2.24) is 9.80 Å². The Hall–Kier alpha value is -1.98. The maximum atomic E-state index is 12.1. The van der Waals surface area contributed by atoms with Gasteiger partial charge in [-0.2, -0.15) is 0 Å². The van der Waals surface area contributed by atoms with Crippen molar-refractivity contribution in [1.29, 1.82) is 0 Å². The Kier molecular flexibility index (Phi) is 5.41. The molecule has 0 saturated carbocycles. The van der Waals surface area contributed by atoms with E-state index in [1.807, 2.05) is 23.6 Å². The zero-order valence-electron chi connectivity index (χ0n) is 16.0. The maximum absolute atomic E-state index is 12.1. The zero-order valence-corrected chi connectivity index (χ0v) is 16.8. The fourth-order valence-corrected chi connectivity index (χ4v) is 5.11. The van der Waals surface area contributed by atoms with Crippen molar-refractivity contribution in [2.75, 3.05) is 32.8 Å². The highest BCUT2D eigenvalue weighted by atomic mass is 32.2. The Bertz CT molecular complexity index is 831. The number of rotatable bonds is 2. The number of hydrogen-bond donors (Lipinski definition) is 0. The van der Waals surface area contributed by atoms with Gasteiger partial charge >= 0.3 is 6.09 Å². The molecule has 2 aromatic carbocycles. The molecule has 2 heterocycles. The summed E-state index contributed by atoms with van der Waals surface area (Å²) in [4.78, 5) is 17.8. The highest BCUT2D eigenvalue weighted by Crippen LogP contribution is 2.42. The maximum Gasteiger partial charge on any atom is 0.409 e. The number of hydrogen-bond acceptors (Lipinski definition) is 4. The molecule has 2 aliphatic rings. The number of piperazine rings is 1. The van der Waals surface area contributed by atoms with Crippen LogP contribution in [0.5, 0.6) is 0 Å². The van der Waals surface area contributed by atoms with E-state index in [4.69, 9.17) is 4.74 Å². The van der Waals surface area contributed by atoms with E-state index < -0.39 is 0 Å². The molecule has 5 heteroatoms. The molecule has 0 N–H and O–H groups in total. The van der Waals surface area contributed by atoms with Crippen LogP contribution < -0.4 is 0 Å². The molecule has 0 aromatic heterocycles. The van der Waals surface area contributed by atoms with Gasteiger partial charge in [-0.05, 0) is 36.6 Å². The predicted molar refractivity (Wildman–Crippen MR) is 109 cm³/mol. The molecule has 1 fully saturated rings. The number of nitrogens with zero attached hydrogens (tertiary/aromatic N) is 2. The van der Waals surface area contributed by atoms with Crippen molar-refractivity contribution in [3.8, 4) is 0 Å². The van der Waals surface area contributed by atoms with E-state index in [0.29, 0.717) is 19.7 Å². The number of ether oxygens (including phenoxy) is 1. The lowest BCUT2D eigenvalue weighted by molar-refractivity contribution is 0.0712. The SMILES string of the molecule is CCOC(=O)N1CCN(C2c3ccccc3CSc3ccc(C)cc32)CC1. The molecule has 4 nitrogen and oxygen atoms in total. The van der Waals surface area contributed by atoms with Crippen LogP contribution in [0.25, 0.3) is 0 Å². The second kappa shape index (κ2) is 7.95. The van der Waals surface area contributed by atoms with E-state index in [1.165, 1.54) is 27.1 Å². The second-order valence-electron chi connectivity index (χ2n) is 7.15. The summed E-state index contributed by atoms with van der Waals surface area (Å²) < 4.78 is 5.18. The number of fused-ring (bicyclic) bond motifs is 2. The van der Waals surface area contributed by atoms with Crippen molar-refractivity contribution in [3.05, 3.63) is 64.7 Å². The van der Waals surface area contributed by atoms with Crippen LogP contribution in [-0.4, -0.2) is 48.7 Å². The third kappa shape index (κ3) is 3.71. The number of carbonyl (C=O) groups is 1. The van der Waals surface area contributed by atoms with Gasteiger partial charge in [0, 0.05) is 36.8 Å². The van der Waals surface area contributed by atoms with Crippen molar-refractivity contribution in [2.24, 2.45) is 0 Å². The summed E-state index contributed by atoms with van der Waals surface area (Å²) in [6.45, 7) is 7.59. The summed E-state index contributed by atoms with van der Waals surface area (Å²) >= 11 is 1.93. The van der Waals surface area contributed by atoms with Gasteiger partial charge in [-0.3, -0.25) is 4.90 Å². The van der Waals surface area contributed by atoms with E-state index >= 15 is 0 Å². The Morgan fingerprint density at radius 1 is 1.11 bits per heavy atom. The first-order valence-corrected chi connectivity index (χ1v) is 10.6. The fourth-order valence-electron chi connectivity index (χ4n) is 4.04. The Morgan fingerprint density at radius 2 is 1.89 bits per heavy atom. The molecule has 1 saturated heterocycles. The standard InChI is InChI=1S/C22H26N2O2S/c1-3-26-22(25)24-12-10-23(11-13-24)21-18-7-5-4-6-17(18)15-27-20-9-8-16(2)14-19(20)21/h4-9,14,21H,3,10-13,15H2,1-2H3. The van der Waals surface area contributed by atoms with Gasteiger partial charge in [0.1, 0.15) is 0 Å². The molecule has 27 heavy (non-hydrogen) atoms. The number of benzene rings is 2. The Morgan fingerprint density at radius 3 is 2.67 bits per heavy atom. The molecule has 1 atom stereocenters. The molecule has 1 amide bonds. The summed E-state index contributed by atoms with van der Waals surface area (Å²) in [6.07, 6.45) is -0.190. The first-order valence-electron chi connectivity index (χ1n) is 9.64. The molecular weight excluding hydrogens is 356 g/mol. The molecule has 4 rings (SSSR count). The zero-order chi connectivity index (χ0) is 18.8. The van der Waals surface area contributed by atoms with E-state index in [9.17, 15) is 4.79 Å². The molecular formula is C22H26N2O2S. The normalized spacial score (nSPS) is 19.8. The van der Waals surface area contributed by atoms with Crippen LogP contribution in [0.3, 0.4) is 0 Å². The van der Waals surface area contributed by atoms with Gasteiger partial charge in [0.05, 0.1) is 12.6 Å². The van der Waals surface area contributed by atoms with Crippen molar-refractivity contribution < 1.29 is 9.53 Å². The Balaban J connectivity index is 1.66. The van der Waals surface area contributed by atoms with Crippen LogP contribution in [-0.2, 0) is 10.5 Å². The lowest BCUT2D eigenvalue weighted by Crippen LogP contribution is -2.50. The van der Waals surface area contributed by atoms with Crippen LogP contribution in [0.4, 0.5) is 4.79 Å². The number of carbonyl (C=O) groups excluding carboxylic acids is 1. The lowest BCUT2D eigenvalue weighted by atomic mass is 9.92. The fraction of sp³-hybridized carbons (Fsp3) is 0.409. The van der Waals surface area contributed by atoms with Crippen molar-refractivity contribution >= 4 is 17.9 Å². The van der Waals surface area contributed by atoms with Crippen molar-refractivity contribution in [3.63, 3.8) is 0 Å². The highest BCUT2D eigenvalue weighted by molar-refractivity contribution is 7.98. The molecule has 0 bridgehead atoms. The highest BCUT2D eigenvalue weighted by Gasteiger charge is 2.32. The molecule has 0 aliphatic carbocycles. The van der Waals surface area contributed by atoms with E-state index in [2.05, 4.69) is 54.3 Å². The van der Waals surface area contributed by atoms with Crippen LogP contribution >= 0.6 is 11.8 Å². The van der Waals surface area contributed by atoms with Crippen LogP contribution in [0.15, 0.2) is 47.4 Å². The van der Waals surface area contributed by atoms with E-state index in [1.54, 1.807) is 0 Å². The quantitative estimate of drug-likeness (QED) is 0.767. The topological polar surface area (TPSA) is 32.8 Å². The number of thioether (sulfide) groups is 1. The Labute approximate surface area is 165 Å². The van der Waals surface area contributed by atoms with Gasteiger partial charge in [0.15, 0.2) is 0 Å². The van der Waals surface area contributed by atoms with Gasteiger partial charge in [0.25, 0.3) is 0 Å². The van der Waals surface area contributed by atoms with Crippen LogP contribution in [0.2, 0.25) is 0 Å².